The Bertz CT molecular complexity index is 1300. The number of carbonyl (C=O) groups excluding carboxylic acids is 1. The third-order valence-corrected chi connectivity index (χ3v) is 7.54. The molecule has 3 N–H and O–H groups in total. The second kappa shape index (κ2) is 8.39. The summed E-state index contributed by atoms with van der Waals surface area (Å²) in [6, 6.07) is 6.81. The number of nitrogens with one attached hydrogen (secondary N) is 3. The third kappa shape index (κ3) is 3.51. The van der Waals surface area contributed by atoms with Crippen molar-refractivity contribution >= 4 is 28.3 Å². The number of aromatic amines is 1. The van der Waals surface area contributed by atoms with E-state index < -0.39 is 0 Å². The SMILES string of the molecule is CNC(=O)c1ccc(N2CCN(Cc3cnc4c5c(c(=O)[nH]c4c3)CCCN5)C3CCC32)cn1. The molecule has 2 atom stereocenters. The molecule has 3 aromatic heterocycles. The van der Waals surface area contributed by atoms with E-state index in [2.05, 4.69) is 36.5 Å². The highest BCUT2D eigenvalue weighted by molar-refractivity contribution is 5.92. The van der Waals surface area contributed by atoms with Gasteiger partial charge in [0.05, 0.1) is 23.1 Å². The molecule has 2 unspecified atom stereocenters. The van der Waals surface area contributed by atoms with Crippen LogP contribution in [0.1, 0.15) is 40.9 Å². The fourth-order valence-electron chi connectivity index (χ4n) is 5.64. The highest BCUT2D eigenvalue weighted by atomic mass is 16.1. The maximum atomic E-state index is 12.6. The van der Waals surface area contributed by atoms with E-state index >= 15 is 0 Å². The van der Waals surface area contributed by atoms with E-state index in [4.69, 9.17) is 4.98 Å². The first-order valence-corrected chi connectivity index (χ1v) is 12.1. The first-order valence-electron chi connectivity index (χ1n) is 12.1. The summed E-state index contributed by atoms with van der Waals surface area (Å²) >= 11 is 0. The van der Waals surface area contributed by atoms with E-state index in [1.54, 1.807) is 13.1 Å². The molecule has 9 heteroatoms. The summed E-state index contributed by atoms with van der Waals surface area (Å²) in [6.07, 6.45) is 7.86. The van der Waals surface area contributed by atoms with Gasteiger partial charge in [-0.3, -0.25) is 19.5 Å². The zero-order valence-corrected chi connectivity index (χ0v) is 19.3. The van der Waals surface area contributed by atoms with Crippen molar-refractivity contribution in [3.05, 3.63) is 57.8 Å². The van der Waals surface area contributed by atoms with Gasteiger partial charge in [0.1, 0.15) is 11.2 Å². The lowest BCUT2D eigenvalue weighted by atomic mass is 9.81. The molecular weight excluding hydrogens is 430 g/mol. The monoisotopic (exact) mass is 459 g/mol. The van der Waals surface area contributed by atoms with Crippen LogP contribution < -0.4 is 21.1 Å². The van der Waals surface area contributed by atoms with Crippen LogP contribution in [0.4, 0.5) is 11.4 Å². The number of pyridine rings is 3. The summed E-state index contributed by atoms with van der Waals surface area (Å²) in [5.41, 5.74) is 6.02. The van der Waals surface area contributed by atoms with Crippen LogP contribution >= 0.6 is 0 Å². The zero-order valence-electron chi connectivity index (χ0n) is 19.3. The minimum absolute atomic E-state index is 0.00244. The highest BCUT2D eigenvalue weighted by Gasteiger charge is 2.43. The van der Waals surface area contributed by atoms with Gasteiger partial charge in [-0.2, -0.15) is 0 Å². The topological polar surface area (TPSA) is 106 Å². The van der Waals surface area contributed by atoms with Crippen LogP contribution in [-0.2, 0) is 13.0 Å². The Morgan fingerprint density at radius 3 is 2.82 bits per heavy atom. The smallest absolute Gasteiger partial charge is 0.269 e. The normalized spacial score (nSPS) is 21.9. The number of piperazine rings is 1. The van der Waals surface area contributed by atoms with Crippen LogP contribution in [0.5, 0.6) is 0 Å². The van der Waals surface area contributed by atoms with Gasteiger partial charge in [0.15, 0.2) is 0 Å². The molecule has 5 heterocycles. The second-order valence-electron chi connectivity index (χ2n) is 9.43. The van der Waals surface area contributed by atoms with E-state index in [0.717, 1.165) is 79.0 Å². The number of anilines is 2. The number of carbonyl (C=O) groups is 1. The molecule has 3 aromatic rings. The largest absolute Gasteiger partial charge is 0.383 e. The Kier molecular flexibility index (Phi) is 5.21. The number of hydrogen-bond donors (Lipinski definition) is 3. The zero-order chi connectivity index (χ0) is 23.2. The molecule has 34 heavy (non-hydrogen) atoms. The minimum atomic E-state index is -0.167. The number of aromatic nitrogens is 3. The molecule has 3 aliphatic rings. The molecular formula is C25H29N7O2. The summed E-state index contributed by atoms with van der Waals surface area (Å²) in [7, 11) is 1.61. The fourth-order valence-corrected chi connectivity index (χ4v) is 5.64. The predicted octanol–water partition coefficient (Wildman–Crippen LogP) is 1.89. The quantitative estimate of drug-likeness (QED) is 0.547. The van der Waals surface area contributed by atoms with Crippen molar-refractivity contribution in [3.8, 4) is 0 Å². The Labute approximate surface area is 197 Å². The van der Waals surface area contributed by atoms with Crippen molar-refractivity contribution < 1.29 is 4.79 Å². The Hall–Kier alpha value is -3.46. The number of nitrogens with zero attached hydrogens (tertiary/aromatic N) is 4. The summed E-state index contributed by atoms with van der Waals surface area (Å²) in [6.45, 7) is 3.56. The average Bonchev–Trinajstić information content (AvgIpc) is 2.84. The number of H-pyrrole nitrogens is 1. The van der Waals surface area contributed by atoms with Crippen LogP contribution in [-0.4, -0.2) is 64.5 Å². The lowest BCUT2D eigenvalue weighted by Crippen LogP contribution is -2.64. The van der Waals surface area contributed by atoms with Crippen molar-refractivity contribution in [2.45, 2.75) is 44.3 Å². The van der Waals surface area contributed by atoms with Gasteiger partial charge in [-0.25, -0.2) is 4.98 Å². The Balaban J connectivity index is 1.19. The molecule has 9 nitrogen and oxygen atoms in total. The van der Waals surface area contributed by atoms with Gasteiger partial charge in [0, 0.05) is 57.1 Å². The van der Waals surface area contributed by atoms with Crippen molar-refractivity contribution in [2.75, 3.05) is 36.9 Å². The van der Waals surface area contributed by atoms with Crippen molar-refractivity contribution in [3.63, 3.8) is 0 Å². The van der Waals surface area contributed by atoms with Crippen LogP contribution in [0.3, 0.4) is 0 Å². The molecule has 1 amide bonds. The van der Waals surface area contributed by atoms with Crippen LogP contribution in [0, 0.1) is 0 Å². The molecule has 0 radical (unpaired) electrons. The molecule has 0 bridgehead atoms. The number of hydrogen-bond acceptors (Lipinski definition) is 7. The number of amides is 1. The van der Waals surface area contributed by atoms with E-state index in [1.165, 1.54) is 6.42 Å². The molecule has 0 aromatic carbocycles. The average molecular weight is 460 g/mol. The molecule has 1 aliphatic carbocycles. The summed E-state index contributed by atoms with van der Waals surface area (Å²) < 4.78 is 0. The Morgan fingerprint density at radius 1 is 1.18 bits per heavy atom. The lowest BCUT2D eigenvalue weighted by Gasteiger charge is -2.54. The van der Waals surface area contributed by atoms with E-state index in [-0.39, 0.29) is 11.5 Å². The van der Waals surface area contributed by atoms with Gasteiger partial charge >= 0.3 is 0 Å². The van der Waals surface area contributed by atoms with Crippen molar-refractivity contribution in [2.24, 2.45) is 0 Å². The molecule has 2 fully saturated rings. The molecule has 176 valence electrons. The highest BCUT2D eigenvalue weighted by Crippen LogP contribution is 2.37. The van der Waals surface area contributed by atoms with Crippen LogP contribution in [0.15, 0.2) is 35.4 Å². The van der Waals surface area contributed by atoms with E-state index in [1.807, 2.05) is 18.5 Å². The fraction of sp³-hybridized carbons (Fsp3) is 0.440. The van der Waals surface area contributed by atoms with Gasteiger partial charge < -0.3 is 20.5 Å². The van der Waals surface area contributed by atoms with Gasteiger partial charge in [-0.05, 0) is 49.4 Å². The second-order valence-corrected chi connectivity index (χ2v) is 9.43. The summed E-state index contributed by atoms with van der Waals surface area (Å²) in [5.74, 6) is -0.167. The molecule has 2 aliphatic heterocycles. The number of fused-ring (bicyclic) bond motifs is 4. The molecule has 0 spiro atoms. The Morgan fingerprint density at radius 2 is 2.06 bits per heavy atom. The number of rotatable bonds is 4. The minimum Gasteiger partial charge on any atom is -0.383 e. The summed E-state index contributed by atoms with van der Waals surface area (Å²) in [4.78, 5) is 41.5. The lowest BCUT2D eigenvalue weighted by molar-refractivity contribution is 0.0658. The predicted molar refractivity (Wildman–Crippen MR) is 131 cm³/mol. The molecule has 6 rings (SSSR count). The first-order chi connectivity index (χ1) is 16.6. The van der Waals surface area contributed by atoms with Crippen molar-refractivity contribution in [1.29, 1.82) is 0 Å². The van der Waals surface area contributed by atoms with E-state index in [9.17, 15) is 9.59 Å². The standard InChI is InChI=1S/C25H29N7O2/c1-26-25(34)18-5-4-16(13-28-18)32-10-9-31(20-6-7-21(20)32)14-15-11-19-23(29-12-15)22-17(24(33)30-19)3-2-8-27-22/h4-5,11-13,20-21,27H,2-3,6-10,14H2,1H3,(H,26,34)(H,30,33). The molecule has 1 saturated heterocycles. The third-order valence-electron chi connectivity index (χ3n) is 7.54. The summed E-state index contributed by atoms with van der Waals surface area (Å²) in [5, 5.41) is 5.99. The molecule has 1 saturated carbocycles. The van der Waals surface area contributed by atoms with Gasteiger partial charge in [-0.1, -0.05) is 0 Å². The van der Waals surface area contributed by atoms with Crippen LogP contribution in [0.25, 0.3) is 11.0 Å². The maximum absolute atomic E-state index is 12.6. The van der Waals surface area contributed by atoms with Gasteiger partial charge in [0.2, 0.25) is 0 Å². The van der Waals surface area contributed by atoms with Crippen LogP contribution in [0.2, 0.25) is 0 Å². The van der Waals surface area contributed by atoms with Gasteiger partial charge in [-0.15, -0.1) is 0 Å². The first kappa shape index (κ1) is 21.1. The van der Waals surface area contributed by atoms with Gasteiger partial charge in [0.25, 0.3) is 11.5 Å². The van der Waals surface area contributed by atoms with Crippen molar-refractivity contribution in [1.82, 2.24) is 25.2 Å². The maximum Gasteiger partial charge on any atom is 0.269 e. The van der Waals surface area contributed by atoms with E-state index in [0.29, 0.717) is 17.8 Å².